The zero-order chi connectivity index (χ0) is 23.1. The van der Waals surface area contributed by atoms with Crippen LogP contribution in [0.25, 0.3) is 5.69 Å². The Hall–Kier alpha value is -3.77. The van der Waals surface area contributed by atoms with Crippen molar-refractivity contribution in [3.63, 3.8) is 0 Å². The number of anilines is 1. The van der Waals surface area contributed by atoms with Crippen molar-refractivity contribution in [2.75, 3.05) is 5.32 Å². The molecule has 3 aromatic carbocycles. The normalized spacial score (nSPS) is 12.0. The van der Waals surface area contributed by atoms with E-state index in [1.54, 1.807) is 22.9 Å². The summed E-state index contributed by atoms with van der Waals surface area (Å²) in [5, 5.41) is 3.51. The summed E-state index contributed by atoms with van der Waals surface area (Å²) in [5.74, 6) is 0.737. The van der Waals surface area contributed by atoms with Crippen molar-refractivity contribution in [1.82, 2.24) is 9.36 Å². The van der Waals surface area contributed by atoms with E-state index in [1.165, 1.54) is 4.68 Å². The number of amides is 1. The highest BCUT2D eigenvalue weighted by atomic mass is 35.5. The molecular formula is C26H22ClN3O3. The van der Waals surface area contributed by atoms with E-state index < -0.39 is 0 Å². The molecule has 0 unspecified atom stereocenters. The average Bonchev–Trinajstić information content (AvgIpc) is 3.06. The van der Waals surface area contributed by atoms with Gasteiger partial charge in [0.05, 0.1) is 11.3 Å². The number of ether oxygens (including phenoxy) is 1. The summed E-state index contributed by atoms with van der Waals surface area (Å²) >= 11 is 6.15. The summed E-state index contributed by atoms with van der Waals surface area (Å²) in [5.41, 5.74) is 4.71. The molecule has 4 aromatic rings. The van der Waals surface area contributed by atoms with E-state index in [1.807, 2.05) is 62.4 Å². The fourth-order valence-corrected chi connectivity index (χ4v) is 4.24. The van der Waals surface area contributed by atoms with Gasteiger partial charge in [0.15, 0.2) is 0 Å². The van der Waals surface area contributed by atoms with Gasteiger partial charge in [-0.15, -0.1) is 0 Å². The van der Waals surface area contributed by atoms with Crippen molar-refractivity contribution in [2.24, 2.45) is 0 Å². The van der Waals surface area contributed by atoms with E-state index in [0.717, 1.165) is 16.7 Å². The van der Waals surface area contributed by atoms with Gasteiger partial charge in [0.1, 0.15) is 12.3 Å². The van der Waals surface area contributed by atoms with Crippen LogP contribution < -0.4 is 15.6 Å². The van der Waals surface area contributed by atoms with Crippen molar-refractivity contribution < 1.29 is 9.53 Å². The third-order valence-corrected chi connectivity index (χ3v) is 6.10. The molecule has 0 aliphatic carbocycles. The number of rotatable bonds is 4. The second-order valence-electron chi connectivity index (χ2n) is 8.17. The Morgan fingerprint density at radius 1 is 1.03 bits per heavy atom. The third kappa shape index (κ3) is 3.94. The number of fused-ring (bicyclic) bond motifs is 2. The Morgan fingerprint density at radius 3 is 2.58 bits per heavy atom. The molecule has 33 heavy (non-hydrogen) atoms. The van der Waals surface area contributed by atoms with Crippen LogP contribution in [0.5, 0.6) is 11.6 Å². The maximum Gasteiger partial charge on any atom is 0.278 e. The molecule has 0 saturated carbocycles. The van der Waals surface area contributed by atoms with E-state index in [9.17, 15) is 9.59 Å². The number of aryl methyl sites for hydroxylation is 2. The molecule has 1 aromatic heterocycles. The first-order valence-electron chi connectivity index (χ1n) is 10.6. The molecule has 6 nitrogen and oxygen atoms in total. The summed E-state index contributed by atoms with van der Waals surface area (Å²) in [4.78, 5) is 26.5. The van der Waals surface area contributed by atoms with Gasteiger partial charge in [-0.05, 0) is 67.4 Å². The number of halogens is 1. The van der Waals surface area contributed by atoms with Gasteiger partial charge in [-0.1, -0.05) is 35.9 Å². The van der Waals surface area contributed by atoms with E-state index in [-0.39, 0.29) is 18.0 Å². The van der Waals surface area contributed by atoms with Gasteiger partial charge in [0, 0.05) is 22.7 Å². The van der Waals surface area contributed by atoms with Gasteiger partial charge in [-0.25, -0.2) is 9.36 Å². The number of hydrogen-bond donors (Lipinski definition) is 1. The van der Waals surface area contributed by atoms with Crippen LogP contribution in [-0.4, -0.2) is 15.3 Å². The number of carbonyl (C=O) groups excluding carboxylic acids is 1. The Bertz CT molecular complexity index is 1440. The summed E-state index contributed by atoms with van der Waals surface area (Å²) < 4.78 is 9.23. The van der Waals surface area contributed by atoms with Crippen LogP contribution >= 0.6 is 11.6 Å². The van der Waals surface area contributed by atoms with Crippen LogP contribution in [0.3, 0.4) is 0 Å². The Labute approximate surface area is 196 Å². The SMILES string of the molecule is Cc1ccc(NC(=O)Cn2c3c(c(=O)n2-c2ccccc2)Cc2cc(Cl)ccc2O3)cc1C. The standard InChI is InChI=1S/C26H22ClN3O3/c1-16-8-10-20(12-17(16)2)28-24(31)15-29-26-22(14-18-13-19(27)9-11-23(18)33-26)25(32)30(29)21-6-4-3-5-7-21/h3-13H,14-15H2,1-2H3,(H,28,31). The number of hydrogen-bond acceptors (Lipinski definition) is 3. The molecule has 166 valence electrons. The summed E-state index contributed by atoms with van der Waals surface area (Å²) in [6.45, 7) is 3.93. The van der Waals surface area contributed by atoms with Gasteiger partial charge in [-0.3, -0.25) is 9.59 Å². The molecular weight excluding hydrogens is 438 g/mol. The van der Waals surface area contributed by atoms with Gasteiger partial charge in [0.25, 0.3) is 5.56 Å². The Balaban J connectivity index is 1.56. The fraction of sp³-hybridized carbons (Fsp3) is 0.154. The molecule has 1 N–H and O–H groups in total. The predicted molar refractivity (Wildman–Crippen MR) is 129 cm³/mol. The quantitative estimate of drug-likeness (QED) is 0.399. The zero-order valence-corrected chi connectivity index (χ0v) is 19.0. The van der Waals surface area contributed by atoms with Crippen molar-refractivity contribution in [3.05, 3.63) is 104 Å². The number of nitrogens with zero attached hydrogens (tertiary/aromatic N) is 2. The molecule has 1 aliphatic heterocycles. The van der Waals surface area contributed by atoms with Crippen molar-refractivity contribution >= 4 is 23.2 Å². The highest BCUT2D eigenvalue weighted by Crippen LogP contribution is 2.37. The van der Waals surface area contributed by atoms with Crippen LogP contribution in [-0.2, 0) is 17.8 Å². The van der Waals surface area contributed by atoms with Gasteiger partial charge >= 0.3 is 0 Å². The highest BCUT2D eigenvalue weighted by Gasteiger charge is 2.29. The zero-order valence-electron chi connectivity index (χ0n) is 18.3. The van der Waals surface area contributed by atoms with E-state index >= 15 is 0 Å². The van der Waals surface area contributed by atoms with Crippen LogP contribution in [0.4, 0.5) is 5.69 Å². The first-order valence-corrected chi connectivity index (χ1v) is 11.0. The predicted octanol–water partition coefficient (Wildman–Crippen LogP) is 5.24. The minimum atomic E-state index is -0.258. The first kappa shape index (κ1) is 21.1. The van der Waals surface area contributed by atoms with Gasteiger partial charge in [-0.2, -0.15) is 0 Å². The summed E-state index contributed by atoms with van der Waals surface area (Å²) in [7, 11) is 0. The molecule has 0 spiro atoms. The fourth-order valence-electron chi connectivity index (χ4n) is 4.05. The topological polar surface area (TPSA) is 65.3 Å². The molecule has 5 rings (SSSR count). The van der Waals surface area contributed by atoms with Gasteiger partial charge in [0.2, 0.25) is 11.8 Å². The number of para-hydroxylation sites is 1. The summed E-state index contributed by atoms with van der Waals surface area (Å²) in [6, 6.07) is 20.3. The van der Waals surface area contributed by atoms with E-state index in [2.05, 4.69) is 5.32 Å². The van der Waals surface area contributed by atoms with Gasteiger partial charge < -0.3 is 10.1 Å². The van der Waals surface area contributed by atoms with Crippen LogP contribution in [0.2, 0.25) is 5.02 Å². The second-order valence-corrected chi connectivity index (χ2v) is 8.61. The molecule has 1 amide bonds. The maximum atomic E-state index is 13.4. The smallest absolute Gasteiger partial charge is 0.278 e. The minimum absolute atomic E-state index is 0.0880. The number of aromatic nitrogens is 2. The minimum Gasteiger partial charge on any atom is -0.439 e. The Kier molecular flexibility index (Phi) is 5.30. The molecule has 0 atom stereocenters. The molecule has 0 radical (unpaired) electrons. The van der Waals surface area contributed by atoms with E-state index in [4.69, 9.17) is 16.3 Å². The Morgan fingerprint density at radius 2 is 1.82 bits per heavy atom. The molecule has 2 heterocycles. The van der Waals surface area contributed by atoms with E-state index in [0.29, 0.717) is 40.0 Å². The lowest BCUT2D eigenvalue weighted by atomic mass is 10.0. The first-order chi connectivity index (χ1) is 15.9. The van der Waals surface area contributed by atoms with Crippen LogP contribution in [0.1, 0.15) is 22.3 Å². The molecule has 7 heteroatoms. The van der Waals surface area contributed by atoms with Crippen LogP contribution in [0.15, 0.2) is 71.5 Å². The maximum absolute atomic E-state index is 13.4. The largest absolute Gasteiger partial charge is 0.439 e. The summed E-state index contributed by atoms with van der Waals surface area (Å²) in [6.07, 6.45) is 0.378. The van der Waals surface area contributed by atoms with Crippen molar-refractivity contribution in [2.45, 2.75) is 26.8 Å². The number of benzene rings is 3. The lowest BCUT2D eigenvalue weighted by Gasteiger charge is -2.20. The van der Waals surface area contributed by atoms with Crippen molar-refractivity contribution in [1.29, 1.82) is 0 Å². The molecule has 0 fully saturated rings. The molecule has 0 bridgehead atoms. The molecule has 0 saturated heterocycles. The monoisotopic (exact) mass is 459 g/mol. The van der Waals surface area contributed by atoms with Crippen LogP contribution in [0, 0.1) is 13.8 Å². The lowest BCUT2D eigenvalue weighted by Crippen LogP contribution is -2.27. The average molecular weight is 460 g/mol. The number of carbonyl (C=O) groups is 1. The van der Waals surface area contributed by atoms with Crippen molar-refractivity contribution in [3.8, 4) is 17.3 Å². The lowest BCUT2D eigenvalue weighted by molar-refractivity contribution is -0.117. The molecule has 1 aliphatic rings. The number of nitrogens with one attached hydrogen (secondary N) is 1. The third-order valence-electron chi connectivity index (χ3n) is 5.87. The second kappa shape index (κ2) is 8.30. The highest BCUT2D eigenvalue weighted by molar-refractivity contribution is 6.30.